The van der Waals surface area contributed by atoms with Crippen molar-refractivity contribution in [3.05, 3.63) is 182 Å². The van der Waals surface area contributed by atoms with Crippen molar-refractivity contribution in [2.24, 2.45) is 0 Å². The van der Waals surface area contributed by atoms with E-state index >= 15 is 0 Å². The summed E-state index contributed by atoms with van der Waals surface area (Å²) in [4.78, 5) is 15.4. The molecule has 0 fully saturated rings. The van der Waals surface area contributed by atoms with Crippen LogP contribution in [0.2, 0.25) is 0 Å². The minimum Gasteiger partial charge on any atom is -0.456 e. The Morgan fingerprint density at radius 1 is 0.357 bits per heavy atom. The van der Waals surface area contributed by atoms with E-state index in [4.69, 9.17) is 19.4 Å². The molecule has 0 N–H and O–H groups in total. The normalized spacial score (nSPS) is 11.9. The fourth-order valence-corrected chi connectivity index (χ4v) is 8.54. The van der Waals surface area contributed by atoms with Crippen LogP contribution in [0.1, 0.15) is 0 Å². The highest BCUT2D eigenvalue weighted by Crippen LogP contribution is 2.41. The molecule has 3 aromatic heterocycles. The third-order valence-corrected chi connectivity index (χ3v) is 11.2. The molecule has 0 amide bonds. The van der Waals surface area contributed by atoms with Crippen LogP contribution in [0, 0.1) is 0 Å². The van der Waals surface area contributed by atoms with Crippen molar-refractivity contribution in [2.75, 3.05) is 0 Å². The Hall–Kier alpha value is -7.63. The number of nitrogens with zero attached hydrogens (tertiary/aromatic N) is 4. The van der Waals surface area contributed by atoms with Gasteiger partial charge in [0.2, 0.25) is 0 Å². The molecular formula is C51H30N4O. The van der Waals surface area contributed by atoms with Gasteiger partial charge in [0, 0.05) is 43.9 Å². The first kappa shape index (κ1) is 30.8. The molecule has 56 heavy (non-hydrogen) atoms. The van der Waals surface area contributed by atoms with Gasteiger partial charge < -0.3 is 8.98 Å². The number of benzene rings is 9. The van der Waals surface area contributed by atoms with Gasteiger partial charge in [0.15, 0.2) is 17.5 Å². The quantitative estimate of drug-likeness (QED) is 0.182. The Balaban J connectivity index is 1.06. The number of para-hydroxylation sites is 1. The molecule has 9 aromatic carbocycles. The second-order valence-electron chi connectivity index (χ2n) is 14.4. The molecule has 0 aliphatic heterocycles. The standard InChI is InChI=1S/C51H30N4O/c1-2-12-31(13-3-1)49-52-50(54-51(53-49)43-30-47-48(39-19-9-8-18-38(39)43)40-20-10-11-21-46(40)56-47)32-22-24-37(25-23-32)55-44-28-35-16-6-4-14-33(35)26-41(44)42-27-34-15-5-7-17-36(34)29-45(42)55/h1-30H. The highest BCUT2D eigenvalue weighted by atomic mass is 16.3. The maximum Gasteiger partial charge on any atom is 0.164 e. The largest absolute Gasteiger partial charge is 0.456 e. The Kier molecular flexibility index (Phi) is 6.56. The lowest BCUT2D eigenvalue weighted by molar-refractivity contribution is 0.669. The summed E-state index contributed by atoms with van der Waals surface area (Å²) in [6.45, 7) is 0. The van der Waals surface area contributed by atoms with E-state index in [0.717, 1.165) is 55.1 Å². The average molecular weight is 715 g/mol. The van der Waals surface area contributed by atoms with Gasteiger partial charge in [-0.3, -0.25) is 0 Å². The molecule has 5 nitrogen and oxygen atoms in total. The van der Waals surface area contributed by atoms with Crippen molar-refractivity contribution < 1.29 is 4.42 Å². The van der Waals surface area contributed by atoms with Gasteiger partial charge in [-0.05, 0) is 93.0 Å². The highest BCUT2D eigenvalue weighted by Gasteiger charge is 2.20. The molecule has 12 rings (SSSR count). The molecule has 3 heterocycles. The lowest BCUT2D eigenvalue weighted by Gasteiger charge is -2.12. The molecular weight excluding hydrogens is 685 g/mol. The van der Waals surface area contributed by atoms with Gasteiger partial charge >= 0.3 is 0 Å². The van der Waals surface area contributed by atoms with Gasteiger partial charge in [-0.25, -0.2) is 15.0 Å². The molecule has 0 saturated heterocycles. The Morgan fingerprint density at radius 2 is 0.857 bits per heavy atom. The number of hydrogen-bond acceptors (Lipinski definition) is 4. The Labute approximate surface area is 320 Å². The predicted octanol–water partition coefficient (Wildman–Crippen LogP) is 13.3. The van der Waals surface area contributed by atoms with Crippen molar-refractivity contribution >= 4 is 76.1 Å². The third-order valence-electron chi connectivity index (χ3n) is 11.2. The van der Waals surface area contributed by atoms with Crippen LogP contribution < -0.4 is 0 Å². The lowest BCUT2D eigenvalue weighted by Crippen LogP contribution is -2.01. The minimum absolute atomic E-state index is 0.595. The maximum atomic E-state index is 6.44. The van der Waals surface area contributed by atoms with Crippen LogP contribution in [0.3, 0.4) is 0 Å². The first-order valence-electron chi connectivity index (χ1n) is 18.8. The molecule has 0 bridgehead atoms. The van der Waals surface area contributed by atoms with Crippen molar-refractivity contribution in [3.8, 4) is 39.9 Å². The van der Waals surface area contributed by atoms with Gasteiger partial charge in [-0.2, -0.15) is 0 Å². The zero-order valence-electron chi connectivity index (χ0n) is 30.0. The van der Waals surface area contributed by atoms with Crippen LogP contribution in [0.5, 0.6) is 0 Å². The molecule has 0 aliphatic carbocycles. The SMILES string of the molecule is c1ccc(-c2nc(-c3ccc(-n4c5cc6ccccc6cc5c5cc6ccccc6cc54)cc3)nc(-c3cc4oc5ccccc5c4c4ccccc34)n2)cc1. The molecule has 0 radical (unpaired) electrons. The summed E-state index contributed by atoms with van der Waals surface area (Å²) in [5.74, 6) is 1.82. The average Bonchev–Trinajstić information content (AvgIpc) is 3.79. The van der Waals surface area contributed by atoms with E-state index in [0.29, 0.717) is 17.5 Å². The van der Waals surface area contributed by atoms with Crippen LogP contribution in [-0.4, -0.2) is 19.5 Å². The summed E-state index contributed by atoms with van der Waals surface area (Å²) in [5.41, 5.74) is 7.79. The number of aromatic nitrogens is 4. The lowest BCUT2D eigenvalue weighted by atomic mass is 9.98. The summed E-state index contributed by atoms with van der Waals surface area (Å²) in [6, 6.07) is 64.0. The van der Waals surface area contributed by atoms with Gasteiger partial charge in [-0.15, -0.1) is 0 Å². The van der Waals surface area contributed by atoms with E-state index in [-0.39, 0.29) is 0 Å². The van der Waals surface area contributed by atoms with Crippen LogP contribution in [0.4, 0.5) is 0 Å². The Bertz CT molecular complexity index is 3430. The van der Waals surface area contributed by atoms with Crippen molar-refractivity contribution in [1.29, 1.82) is 0 Å². The molecule has 12 aromatic rings. The van der Waals surface area contributed by atoms with Crippen LogP contribution in [-0.2, 0) is 0 Å². The van der Waals surface area contributed by atoms with Crippen LogP contribution in [0.15, 0.2) is 186 Å². The van der Waals surface area contributed by atoms with Crippen molar-refractivity contribution in [1.82, 2.24) is 19.5 Å². The zero-order valence-corrected chi connectivity index (χ0v) is 30.0. The molecule has 260 valence electrons. The smallest absolute Gasteiger partial charge is 0.164 e. The van der Waals surface area contributed by atoms with Gasteiger partial charge in [0.1, 0.15) is 11.2 Å². The van der Waals surface area contributed by atoms with E-state index in [9.17, 15) is 0 Å². The molecule has 0 atom stereocenters. The van der Waals surface area contributed by atoms with E-state index in [1.807, 2.05) is 42.5 Å². The van der Waals surface area contributed by atoms with E-state index in [1.165, 1.54) is 43.4 Å². The predicted molar refractivity (Wildman–Crippen MR) is 230 cm³/mol. The van der Waals surface area contributed by atoms with E-state index in [2.05, 4.69) is 144 Å². The van der Waals surface area contributed by atoms with Gasteiger partial charge in [-0.1, -0.05) is 121 Å². The number of fused-ring (bicyclic) bond motifs is 10. The monoisotopic (exact) mass is 714 g/mol. The fraction of sp³-hybridized carbons (Fsp3) is 0. The third kappa shape index (κ3) is 4.71. The van der Waals surface area contributed by atoms with Crippen LogP contribution in [0.25, 0.3) is 116 Å². The van der Waals surface area contributed by atoms with Gasteiger partial charge in [0.05, 0.1) is 11.0 Å². The topological polar surface area (TPSA) is 56.7 Å². The minimum atomic E-state index is 0.595. The molecule has 0 spiro atoms. The first-order chi connectivity index (χ1) is 27.7. The molecule has 0 aliphatic rings. The highest BCUT2D eigenvalue weighted by molar-refractivity contribution is 6.22. The molecule has 0 unspecified atom stereocenters. The maximum absolute atomic E-state index is 6.44. The second-order valence-corrected chi connectivity index (χ2v) is 14.4. The number of rotatable bonds is 4. The first-order valence-corrected chi connectivity index (χ1v) is 18.8. The number of furan rings is 1. The summed E-state index contributed by atoms with van der Waals surface area (Å²) >= 11 is 0. The summed E-state index contributed by atoms with van der Waals surface area (Å²) in [7, 11) is 0. The van der Waals surface area contributed by atoms with Crippen molar-refractivity contribution in [3.63, 3.8) is 0 Å². The summed E-state index contributed by atoms with van der Waals surface area (Å²) in [6.07, 6.45) is 0. The molecule has 0 saturated carbocycles. The zero-order chi connectivity index (χ0) is 36.7. The summed E-state index contributed by atoms with van der Waals surface area (Å²) < 4.78 is 8.82. The second kappa shape index (κ2) is 11.9. The van der Waals surface area contributed by atoms with Crippen molar-refractivity contribution in [2.45, 2.75) is 0 Å². The van der Waals surface area contributed by atoms with Crippen LogP contribution >= 0.6 is 0 Å². The number of hydrogen-bond donors (Lipinski definition) is 0. The fourth-order valence-electron chi connectivity index (χ4n) is 8.54. The summed E-state index contributed by atoms with van der Waals surface area (Å²) in [5, 5.41) is 11.7. The van der Waals surface area contributed by atoms with E-state index < -0.39 is 0 Å². The van der Waals surface area contributed by atoms with E-state index in [1.54, 1.807) is 0 Å². The molecule has 5 heteroatoms. The Morgan fingerprint density at radius 3 is 1.50 bits per heavy atom. The van der Waals surface area contributed by atoms with Gasteiger partial charge in [0.25, 0.3) is 0 Å².